The number of likely N-dealkylation sites (tertiary alicyclic amines) is 1. The maximum atomic E-state index is 16.7. The summed E-state index contributed by atoms with van der Waals surface area (Å²) in [5, 5.41) is 12.4. The van der Waals surface area contributed by atoms with E-state index in [4.69, 9.17) is 9.47 Å². The highest BCUT2D eigenvalue weighted by Crippen LogP contribution is 2.51. The first kappa shape index (κ1) is 34.9. The lowest BCUT2D eigenvalue weighted by Crippen LogP contribution is -2.73. The smallest absolute Gasteiger partial charge is 0.407 e. The van der Waals surface area contributed by atoms with E-state index in [2.05, 4.69) is 21.2 Å². The van der Waals surface area contributed by atoms with Gasteiger partial charge in [-0.25, -0.2) is 9.18 Å². The van der Waals surface area contributed by atoms with Crippen LogP contribution in [0.4, 0.5) is 9.18 Å². The molecule has 5 fully saturated rings. The minimum absolute atomic E-state index is 0.00709. The number of fused-ring (bicyclic) bond motifs is 3. The number of benzene rings is 1. The number of Topliss-reactive ketones (excluding diaryl/α,β-unsaturated/α-hetero) is 1. The van der Waals surface area contributed by atoms with Gasteiger partial charge in [-0.15, -0.1) is 0 Å². The summed E-state index contributed by atoms with van der Waals surface area (Å²) < 4.78 is 29.2. The maximum absolute atomic E-state index is 16.7. The van der Waals surface area contributed by atoms with Gasteiger partial charge in [0.2, 0.25) is 0 Å². The molecule has 1 aromatic rings. The van der Waals surface area contributed by atoms with Crippen LogP contribution in [0.5, 0.6) is 0 Å². The van der Waals surface area contributed by atoms with Crippen LogP contribution in [-0.4, -0.2) is 100 Å². The summed E-state index contributed by atoms with van der Waals surface area (Å²) in [4.78, 5) is 47.3. The number of rotatable bonds is 7. The summed E-state index contributed by atoms with van der Waals surface area (Å²) in [6, 6.07) is 10.6. The maximum Gasteiger partial charge on any atom is 0.407 e. The fraction of sp³-hybridized carbons (Fsp3) is 0.692. The van der Waals surface area contributed by atoms with E-state index >= 15 is 4.39 Å². The van der Waals surface area contributed by atoms with E-state index in [1.165, 1.54) is 25.7 Å². The molecule has 7 rings (SSSR count). The Bertz CT molecular complexity index is 1510. The fourth-order valence-corrected chi connectivity index (χ4v) is 9.92. The van der Waals surface area contributed by atoms with Crippen LogP contribution in [0.3, 0.4) is 0 Å². The van der Waals surface area contributed by atoms with Crippen molar-refractivity contribution in [3.8, 4) is 6.07 Å². The Kier molecular flexibility index (Phi) is 9.97. The number of amides is 2. The summed E-state index contributed by atoms with van der Waals surface area (Å²) in [6.45, 7) is 7.03. The Morgan fingerprint density at radius 3 is 2.54 bits per heavy atom. The highest BCUT2D eigenvalue weighted by atomic mass is 19.1. The van der Waals surface area contributed by atoms with Crippen LogP contribution in [0, 0.1) is 29.1 Å². The first-order chi connectivity index (χ1) is 24.0. The third-order valence-corrected chi connectivity index (χ3v) is 12.0. The van der Waals surface area contributed by atoms with E-state index < -0.39 is 41.8 Å². The van der Waals surface area contributed by atoms with Gasteiger partial charge in [0.05, 0.1) is 48.4 Å². The second kappa shape index (κ2) is 14.3. The lowest BCUT2D eigenvalue weighted by Gasteiger charge is -2.61. The van der Waals surface area contributed by atoms with Gasteiger partial charge >= 0.3 is 6.09 Å². The average Bonchev–Trinajstić information content (AvgIpc) is 3.53. The van der Waals surface area contributed by atoms with Crippen molar-refractivity contribution in [2.24, 2.45) is 17.8 Å². The molecule has 11 heteroatoms. The number of nitrogens with one attached hydrogen (secondary N) is 1. The summed E-state index contributed by atoms with van der Waals surface area (Å²) in [5.41, 5.74) is 0.393. The van der Waals surface area contributed by atoms with Gasteiger partial charge in [0.25, 0.3) is 5.91 Å². The zero-order chi connectivity index (χ0) is 35.2. The van der Waals surface area contributed by atoms with Gasteiger partial charge in [-0.05, 0) is 63.9 Å². The first-order valence-corrected chi connectivity index (χ1v) is 18.8. The summed E-state index contributed by atoms with van der Waals surface area (Å²) >= 11 is 0. The molecule has 0 bridgehead atoms. The molecular weight excluding hydrogens is 637 g/mol. The van der Waals surface area contributed by atoms with Crippen molar-refractivity contribution < 1.29 is 28.2 Å². The molecule has 6 aliphatic rings. The predicted octanol–water partition coefficient (Wildman–Crippen LogP) is 5.13. The topological polar surface area (TPSA) is 115 Å². The number of alkyl halides is 1. The van der Waals surface area contributed by atoms with Gasteiger partial charge in [0.15, 0.2) is 5.78 Å². The number of alkyl carbamates (subject to hydrolysis) is 1. The molecule has 1 aromatic carbocycles. The van der Waals surface area contributed by atoms with Crippen molar-refractivity contribution in [3.05, 3.63) is 47.7 Å². The molecule has 10 unspecified atom stereocenters. The predicted molar refractivity (Wildman–Crippen MR) is 184 cm³/mol. The molecule has 3 saturated carbocycles. The Morgan fingerprint density at radius 2 is 1.82 bits per heavy atom. The number of ether oxygens (including phenoxy) is 2. The standard InChI is InChI=1S/C39H52FN5O5/c1-39(2,3)50-38(48)42-27-14-17-43(22-27)34-30(40)20-28-33-36(34)49-32-19-26-13-8-7-12-25(26)18-31(32)45(33)23-29(35(28)46)37(47)44(16-9-15-41)21-24-10-5-4-6-11-24/h4-6,10-11,23,25-28,30-34,36H,7-9,12-14,16-22H2,1-3H3,(H,42,48). The van der Waals surface area contributed by atoms with Gasteiger partial charge in [0, 0.05) is 44.3 Å². The van der Waals surface area contributed by atoms with Gasteiger partial charge in [-0.1, -0.05) is 56.0 Å². The second-order valence-electron chi connectivity index (χ2n) is 16.4. The van der Waals surface area contributed by atoms with Crippen molar-refractivity contribution in [2.75, 3.05) is 19.6 Å². The van der Waals surface area contributed by atoms with E-state index in [-0.39, 0.29) is 61.5 Å². The molecule has 270 valence electrons. The van der Waals surface area contributed by atoms with Gasteiger partial charge in [-0.2, -0.15) is 5.26 Å². The molecule has 10 nitrogen and oxygen atoms in total. The van der Waals surface area contributed by atoms with Crippen LogP contribution in [-0.2, 0) is 25.6 Å². The quantitative estimate of drug-likeness (QED) is 0.392. The summed E-state index contributed by atoms with van der Waals surface area (Å²) in [6.07, 6.45) is 6.77. The number of nitrogens with zero attached hydrogens (tertiary/aromatic N) is 4. The number of hydrogen-bond donors (Lipinski definition) is 1. The monoisotopic (exact) mass is 689 g/mol. The van der Waals surface area contributed by atoms with Crippen LogP contribution >= 0.6 is 0 Å². The number of carbonyl (C=O) groups excluding carboxylic acids is 3. The van der Waals surface area contributed by atoms with Crippen molar-refractivity contribution in [3.63, 3.8) is 0 Å². The number of carbonyl (C=O) groups is 3. The molecular formula is C39H52FN5O5. The Hall–Kier alpha value is -3.49. The number of hydrogen-bond acceptors (Lipinski definition) is 8. The minimum atomic E-state index is -1.34. The molecule has 3 aliphatic carbocycles. The molecule has 3 heterocycles. The van der Waals surface area contributed by atoms with Crippen molar-refractivity contribution in [1.29, 1.82) is 5.26 Å². The lowest BCUT2D eigenvalue weighted by molar-refractivity contribution is -0.219. The third-order valence-electron chi connectivity index (χ3n) is 12.0. The molecule has 3 aliphatic heterocycles. The second-order valence-corrected chi connectivity index (χ2v) is 16.4. The van der Waals surface area contributed by atoms with Crippen molar-refractivity contribution >= 4 is 17.8 Å². The highest BCUT2D eigenvalue weighted by Gasteiger charge is 2.61. The van der Waals surface area contributed by atoms with Gasteiger partial charge < -0.3 is 24.6 Å². The van der Waals surface area contributed by atoms with Crippen LogP contribution in [0.1, 0.15) is 84.1 Å². The first-order valence-electron chi connectivity index (χ1n) is 18.8. The van der Waals surface area contributed by atoms with E-state index in [0.717, 1.165) is 18.4 Å². The number of morpholine rings is 1. The molecule has 2 amide bonds. The van der Waals surface area contributed by atoms with E-state index in [1.807, 2.05) is 51.1 Å². The van der Waals surface area contributed by atoms with E-state index in [0.29, 0.717) is 31.3 Å². The average molecular weight is 690 g/mol. The normalized spacial score (nSPS) is 35.1. The Labute approximate surface area is 295 Å². The van der Waals surface area contributed by atoms with Crippen LogP contribution in [0.25, 0.3) is 0 Å². The third kappa shape index (κ3) is 7.03. The minimum Gasteiger partial charge on any atom is -0.444 e. The Balaban J connectivity index is 1.19. The van der Waals surface area contributed by atoms with Crippen molar-refractivity contribution in [2.45, 2.75) is 133 Å². The van der Waals surface area contributed by atoms with Gasteiger partial charge in [-0.3, -0.25) is 14.5 Å². The Morgan fingerprint density at radius 1 is 1.08 bits per heavy atom. The van der Waals surface area contributed by atoms with Crippen molar-refractivity contribution in [1.82, 2.24) is 20.0 Å². The molecule has 0 aromatic heterocycles. The number of nitriles is 1. The van der Waals surface area contributed by atoms with Gasteiger partial charge in [0.1, 0.15) is 11.8 Å². The fourth-order valence-electron chi connectivity index (χ4n) is 9.92. The van der Waals surface area contributed by atoms with E-state index in [1.54, 1.807) is 11.1 Å². The molecule has 0 radical (unpaired) electrons. The molecule has 2 saturated heterocycles. The summed E-state index contributed by atoms with van der Waals surface area (Å²) in [5.74, 6) is -0.291. The molecule has 50 heavy (non-hydrogen) atoms. The largest absolute Gasteiger partial charge is 0.444 e. The number of ketones is 1. The van der Waals surface area contributed by atoms with E-state index in [9.17, 15) is 19.6 Å². The van der Waals surface area contributed by atoms with Crippen LogP contribution in [0.15, 0.2) is 42.1 Å². The van der Waals surface area contributed by atoms with Crippen LogP contribution < -0.4 is 5.32 Å². The zero-order valence-corrected chi connectivity index (χ0v) is 29.6. The summed E-state index contributed by atoms with van der Waals surface area (Å²) in [7, 11) is 0. The number of halogens is 1. The molecule has 1 N–H and O–H groups in total. The molecule has 0 spiro atoms. The lowest BCUT2D eigenvalue weighted by atomic mass is 9.64. The SMILES string of the molecule is CC(C)(C)OC(=O)NC1CCN(C2C(F)CC3C(=O)C(C(=O)N(CCC#N)Cc4ccccc4)=CN4C5CC6CCCCC6CC5OC2C34)C1. The zero-order valence-electron chi connectivity index (χ0n) is 29.6. The van der Waals surface area contributed by atoms with Crippen LogP contribution in [0.2, 0.25) is 0 Å². The molecule has 10 atom stereocenters. The highest BCUT2D eigenvalue weighted by molar-refractivity contribution is 6.20.